The summed E-state index contributed by atoms with van der Waals surface area (Å²) in [4.78, 5) is 49.1. The van der Waals surface area contributed by atoms with Crippen LogP contribution in [-0.4, -0.2) is 90.4 Å². The van der Waals surface area contributed by atoms with E-state index in [0.29, 0.717) is 6.42 Å². The number of aromatic amines is 2. The number of aromatic nitrogens is 4. The van der Waals surface area contributed by atoms with E-state index in [1.54, 1.807) is 21.1 Å². The molecule has 0 aliphatic carbocycles. The van der Waals surface area contributed by atoms with Gasteiger partial charge in [0.1, 0.15) is 22.0 Å². The van der Waals surface area contributed by atoms with Crippen molar-refractivity contribution < 1.29 is 34.3 Å². The molecule has 2 saturated heterocycles. The number of rotatable bonds is 11. The molecule has 7 rings (SSSR count). The van der Waals surface area contributed by atoms with Gasteiger partial charge in [0.15, 0.2) is 12.5 Å². The molecule has 0 amide bonds. The second-order valence-corrected chi connectivity index (χ2v) is 16.5. The summed E-state index contributed by atoms with van der Waals surface area (Å²) >= 11 is 19.8. The van der Waals surface area contributed by atoms with Gasteiger partial charge in [-0.25, -0.2) is 9.59 Å². The Kier molecular flexibility index (Phi) is 16.1. The summed E-state index contributed by atoms with van der Waals surface area (Å²) < 4.78 is 24.3. The number of hydrogen-bond donors (Lipinski definition) is 5. The topological polar surface area (TPSA) is 207 Å². The molecule has 334 valence electrons. The van der Waals surface area contributed by atoms with Crippen LogP contribution in [0.4, 0.5) is 0 Å². The maximum absolute atomic E-state index is 11.8. The maximum Gasteiger partial charge on any atom is 0.330 e. The number of H-pyrrole nitrogens is 2. The zero-order valence-electron chi connectivity index (χ0n) is 34.7. The summed E-state index contributed by atoms with van der Waals surface area (Å²) in [5.41, 5.74) is -1.18. The van der Waals surface area contributed by atoms with Crippen molar-refractivity contribution in [3.05, 3.63) is 162 Å². The largest absolute Gasteiger partial charge is 0.497 e. The van der Waals surface area contributed by atoms with Crippen molar-refractivity contribution in [1.29, 1.82) is 0 Å². The highest BCUT2D eigenvalue weighted by molar-refractivity contribution is 6.28. The van der Waals surface area contributed by atoms with Crippen LogP contribution in [0.3, 0.4) is 0 Å². The third-order valence-corrected chi connectivity index (χ3v) is 13.5. The highest BCUT2D eigenvalue weighted by atomic mass is 35.5. The minimum absolute atomic E-state index is 0.118. The molecule has 3 aromatic carbocycles. The number of alkyl halides is 3. The maximum atomic E-state index is 11.8. The fourth-order valence-corrected chi connectivity index (χ4v) is 8.68. The first-order chi connectivity index (χ1) is 29.6. The number of ether oxygens (including phenoxy) is 4. The average molecular weight is 918 g/mol. The minimum Gasteiger partial charge on any atom is -0.497 e. The molecule has 0 bridgehead atoms. The van der Waals surface area contributed by atoms with Gasteiger partial charge in [-0.15, -0.1) is 34.8 Å². The summed E-state index contributed by atoms with van der Waals surface area (Å²) in [5.74, 6) is 1.13. The molecule has 7 atom stereocenters. The molecule has 5 aromatic rings. The number of nitrogens with one attached hydrogen (secondary N) is 2. The van der Waals surface area contributed by atoms with Gasteiger partial charge in [0.2, 0.25) is 0 Å². The van der Waals surface area contributed by atoms with Gasteiger partial charge < -0.3 is 34.3 Å². The van der Waals surface area contributed by atoms with Crippen LogP contribution in [0.15, 0.2) is 123 Å². The highest BCUT2D eigenvalue weighted by Crippen LogP contribution is 2.46. The number of benzene rings is 3. The fraction of sp³-hybridized carbons (Fsp3) is 0.409. The molecule has 18 heteroatoms. The predicted molar refractivity (Wildman–Crippen MR) is 236 cm³/mol. The first-order valence-corrected chi connectivity index (χ1v) is 21.0. The Labute approximate surface area is 372 Å². The zero-order valence-corrected chi connectivity index (χ0v) is 37.0. The SMILES string of the molecule is CC[C@]1(CO)O[C@@H](n2ccc(=O)[nH]c2=O)[C@H](Cl)[C@@H]1C.COc1ccc(C(Cl)(c2ccccc2)c2ccc(OC)cc2)cc1.C[C@H]1[C@@H](Cl)[C@H](n2ccc(=O)[nH]c2=O)OC1(CO)CO. The van der Waals surface area contributed by atoms with Gasteiger partial charge >= 0.3 is 11.4 Å². The van der Waals surface area contributed by atoms with E-state index >= 15 is 0 Å². The van der Waals surface area contributed by atoms with Crippen LogP contribution in [0.2, 0.25) is 0 Å². The van der Waals surface area contributed by atoms with Crippen molar-refractivity contribution in [3.8, 4) is 11.5 Å². The van der Waals surface area contributed by atoms with Crippen molar-refractivity contribution in [2.24, 2.45) is 11.8 Å². The van der Waals surface area contributed by atoms with E-state index in [4.69, 9.17) is 53.8 Å². The quantitative estimate of drug-likeness (QED) is 0.0906. The Balaban J connectivity index is 0.000000178. The van der Waals surface area contributed by atoms with Crippen LogP contribution in [-0.2, 0) is 14.3 Å². The van der Waals surface area contributed by atoms with E-state index in [1.165, 1.54) is 29.1 Å². The van der Waals surface area contributed by atoms with E-state index in [-0.39, 0.29) is 18.4 Å². The number of nitrogens with zero attached hydrogens (tertiary/aromatic N) is 2. The van der Waals surface area contributed by atoms with E-state index < -0.39 is 75.0 Å². The van der Waals surface area contributed by atoms with Crippen molar-refractivity contribution in [2.75, 3.05) is 34.0 Å². The summed E-state index contributed by atoms with van der Waals surface area (Å²) in [6, 6.07) is 28.2. The van der Waals surface area contributed by atoms with Crippen molar-refractivity contribution in [2.45, 2.75) is 66.5 Å². The summed E-state index contributed by atoms with van der Waals surface area (Å²) in [6.45, 7) is 4.51. The molecule has 5 N–H and O–H groups in total. The van der Waals surface area contributed by atoms with Crippen LogP contribution in [0.5, 0.6) is 11.5 Å². The molecule has 2 aliphatic heterocycles. The average Bonchev–Trinajstić information content (AvgIpc) is 3.70. The molecule has 2 aromatic heterocycles. The smallest absolute Gasteiger partial charge is 0.330 e. The van der Waals surface area contributed by atoms with Gasteiger partial charge in [0, 0.05) is 36.4 Å². The van der Waals surface area contributed by atoms with Crippen molar-refractivity contribution >= 4 is 34.8 Å². The van der Waals surface area contributed by atoms with Crippen molar-refractivity contribution in [3.63, 3.8) is 0 Å². The number of aliphatic hydroxyl groups is 3. The monoisotopic (exact) mass is 916 g/mol. The lowest BCUT2D eigenvalue weighted by Crippen LogP contribution is -2.43. The minimum atomic E-state index is -1.20. The Morgan fingerprint density at radius 3 is 1.32 bits per heavy atom. The lowest BCUT2D eigenvalue weighted by Gasteiger charge is -2.29. The van der Waals surface area contributed by atoms with Crippen LogP contribution in [0, 0.1) is 11.8 Å². The van der Waals surface area contributed by atoms with E-state index in [1.807, 2.05) is 92.7 Å². The Bertz CT molecular complexity index is 2300. The molecular formula is C44H51Cl3N4O11. The molecule has 15 nitrogen and oxygen atoms in total. The van der Waals surface area contributed by atoms with Crippen LogP contribution in [0.25, 0.3) is 0 Å². The zero-order chi connectivity index (χ0) is 45.4. The molecule has 0 spiro atoms. The van der Waals surface area contributed by atoms with Crippen molar-refractivity contribution in [1.82, 2.24) is 19.1 Å². The molecule has 0 unspecified atom stereocenters. The molecule has 0 radical (unpaired) electrons. The van der Waals surface area contributed by atoms with Crippen LogP contribution in [0.1, 0.15) is 56.3 Å². The van der Waals surface area contributed by atoms with Gasteiger partial charge in [0.05, 0.1) is 50.4 Å². The second kappa shape index (κ2) is 20.6. The van der Waals surface area contributed by atoms with Crippen LogP contribution >= 0.6 is 34.8 Å². The third-order valence-electron chi connectivity index (χ3n) is 11.7. The van der Waals surface area contributed by atoms with E-state index in [0.717, 1.165) is 32.8 Å². The molecule has 0 saturated carbocycles. The lowest BCUT2D eigenvalue weighted by atomic mass is 9.84. The Morgan fingerprint density at radius 1 is 0.629 bits per heavy atom. The number of methoxy groups -OCH3 is 2. The van der Waals surface area contributed by atoms with E-state index in [2.05, 4.69) is 9.97 Å². The van der Waals surface area contributed by atoms with Gasteiger partial charge in [0.25, 0.3) is 11.1 Å². The molecular weight excluding hydrogens is 867 g/mol. The number of hydrogen-bond acceptors (Lipinski definition) is 11. The van der Waals surface area contributed by atoms with E-state index in [9.17, 15) is 34.5 Å². The number of aliphatic hydroxyl groups excluding tert-OH is 3. The highest BCUT2D eigenvalue weighted by Gasteiger charge is 2.53. The normalized spacial score (nSPS) is 24.0. The number of halogens is 3. The molecule has 62 heavy (non-hydrogen) atoms. The summed E-state index contributed by atoms with van der Waals surface area (Å²) in [7, 11) is 3.31. The molecule has 2 fully saturated rings. The van der Waals surface area contributed by atoms with Gasteiger partial charge in [-0.3, -0.25) is 28.7 Å². The van der Waals surface area contributed by atoms with Gasteiger partial charge in [-0.2, -0.15) is 0 Å². The first kappa shape index (κ1) is 48.3. The molecule has 2 aliphatic rings. The fourth-order valence-electron chi connectivity index (χ4n) is 7.50. The summed E-state index contributed by atoms with van der Waals surface area (Å²) in [5, 5.41) is 27.3. The third kappa shape index (κ3) is 9.75. The van der Waals surface area contributed by atoms with Crippen LogP contribution < -0.4 is 32.0 Å². The lowest BCUT2D eigenvalue weighted by molar-refractivity contribution is -0.134. The first-order valence-electron chi connectivity index (χ1n) is 19.7. The Morgan fingerprint density at radius 2 is 1.00 bits per heavy atom. The second-order valence-electron chi connectivity index (χ2n) is 15.0. The predicted octanol–water partition coefficient (Wildman–Crippen LogP) is 4.72. The standard InChI is InChI=1S/C21H19ClO2.C12H17ClN2O4.C11H15ClN2O5/c1-23-19-12-8-17(9-13-19)21(22,16-6-4-3-5-7-16)18-10-14-20(24-2)15-11-18;1-3-12(6-16)7(2)9(13)10(19-12)15-5-4-8(17)14-11(15)18;1-6-8(12)9(19-11(6,4-15)5-16)14-3-2-7(17)13-10(14)18/h3-15H,1-2H3;4-5,7,9-10,16H,3,6H2,1-2H3,(H,14,17,18);2-3,6,8-9,15-16H,4-5H2,1H3,(H,13,17,18)/t;7-,9+,10+,12+;6-,8+,9+/m.00/s1. The Hall–Kier alpha value is -4.71. The summed E-state index contributed by atoms with van der Waals surface area (Å²) in [6.07, 6.45) is 1.66. The van der Waals surface area contributed by atoms with Gasteiger partial charge in [-0.1, -0.05) is 75.4 Å². The molecule has 4 heterocycles. The van der Waals surface area contributed by atoms with Gasteiger partial charge in [-0.05, 0) is 47.4 Å².